The molecule has 2 fully saturated rings. The predicted molar refractivity (Wildman–Crippen MR) is 83.6 cm³/mol. The standard InChI is InChI=1S/C15H28N2O3.B/c1-15(2,3)20-14(18)17-10-6-13(7-11-17)19-12-4-8-16-9-5-12;/h12-13,16H,4-11H2,1-3H3;. The molecule has 2 aliphatic heterocycles. The molecular weight excluding hydrogens is 267 g/mol. The van der Waals surface area contributed by atoms with Crippen molar-refractivity contribution in [1.82, 2.24) is 10.2 Å². The van der Waals surface area contributed by atoms with Crippen molar-refractivity contribution in [3.8, 4) is 0 Å². The van der Waals surface area contributed by atoms with E-state index in [9.17, 15) is 4.79 Å². The average molecular weight is 295 g/mol. The first kappa shape index (κ1) is 18.3. The Morgan fingerprint density at radius 3 is 2.10 bits per heavy atom. The summed E-state index contributed by atoms with van der Waals surface area (Å²) in [5.41, 5.74) is -0.417. The minimum Gasteiger partial charge on any atom is -0.444 e. The van der Waals surface area contributed by atoms with Crippen LogP contribution in [0, 0.1) is 0 Å². The Balaban J connectivity index is 0.00000220. The van der Waals surface area contributed by atoms with E-state index in [4.69, 9.17) is 9.47 Å². The van der Waals surface area contributed by atoms with Gasteiger partial charge < -0.3 is 19.7 Å². The number of rotatable bonds is 2. The molecule has 0 aromatic rings. The number of nitrogens with zero attached hydrogens (tertiary/aromatic N) is 1. The Kier molecular flexibility index (Phi) is 7.01. The SMILES string of the molecule is CC(C)(C)OC(=O)N1CCC(OC2CCNCC2)CC1.[B]. The minimum absolute atomic E-state index is 0. The number of carbonyl (C=O) groups is 1. The number of piperidine rings is 2. The third-order valence-corrected chi connectivity index (χ3v) is 3.76. The fourth-order valence-electron chi connectivity index (χ4n) is 2.70. The summed E-state index contributed by atoms with van der Waals surface area (Å²) in [5, 5.41) is 3.35. The van der Waals surface area contributed by atoms with E-state index in [1.165, 1.54) is 0 Å². The van der Waals surface area contributed by atoms with Crippen molar-refractivity contribution in [3.63, 3.8) is 0 Å². The van der Waals surface area contributed by atoms with Gasteiger partial charge in [-0.25, -0.2) is 4.79 Å². The van der Waals surface area contributed by atoms with E-state index in [0.29, 0.717) is 12.2 Å². The van der Waals surface area contributed by atoms with Crippen LogP contribution in [0.4, 0.5) is 4.79 Å². The highest BCUT2D eigenvalue weighted by molar-refractivity contribution is 5.75. The average Bonchev–Trinajstić information content (AvgIpc) is 2.39. The molecule has 2 aliphatic rings. The molecule has 0 bridgehead atoms. The van der Waals surface area contributed by atoms with Gasteiger partial charge in [0.05, 0.1) is 12.2 Å². The molecule has 0 unspecified atom stereocenters. The molecule has 3 radical (unpaired) electrons. The summed E-state index contributed by atoms with van der Waals surface area (Å²) in [7, 11) is 0. The van der Waals surface area contributed by atoms with Crippen LogP contribution in [0.2, 0.25) is 0 Å². The number of amides is 1. The molecule has 2 rings (SSSR count). The number of likely N-dealkylation sites (tertiary alicyclic amines) is 1. The Labute approximate surface area is 130 Å². The summed E-state index contributed by atoms with van der Waals surface area (Å²) in [6, 6.07) is 0. The van der Waals surface area contributed by atoms with Crippen LogP contribution >= 0.6 is 0 Å². The zero-order valence-corrected chi connectivity index (χ0v) is 13.6. The number of nitrogens with one attached hydrogen (secondary N) is 1. The van der Waals surface area contributed by atoms with E-state index in [2.05, 4.69) is 5.32 Å². The van der Waals surface area contributed by atoms with Crippen LogP contribution in [-0.4, -0.2) is 63.4 Å². The number of ether oxygens (including phenoxy) is 2. The zero-order chi connectivity index (χ0) is 14.6. The molecule has 0 aliphatic carbocycles. The Morgan fingerprint density at radius 2 is 1.57 bits per heavy atom. The lowest BCUT2D eigenvalue weighted by Crippen LogP contribution is -2.44. The van der Waals surface area contributed by atoms with E-state index < -0.39 is 5.60 Å². The third-order valence-electron chi connectivity index (χ3n) is 3.76. The maximum Gasteiger partial charge on any atom is 0.410 e. The van der Waals surface area contributed by atoms with Gasteiger partial charge in [0.25, 0.3) is 0 Å². The van der Waals surface area contributed by atoms with Crippen LogP contribution < -0.4 is 5.32 Å². The van der Waals surface area contributed by atoms with Crippen molar-refractivity contribution in [2.45, 2.75) is 64.3 Å². The number of hydrogen-bond donors (Lipinski definition) is 1. The highest BCUT2D eigenvalue weighted by atomic mass is 16.6. The first-order valence-corrected chi connectivity index (χ1v) is 7.78. The van der Waals surface area contributed by atoms with Crippen LogP contribution in [0.1, 0.15) is 46.5 Å². The maximum absolute atomic E-state index is 12.0. The quantitative estimate of drug-likeness (QED) is 0.789. The Bertz CT molecular complexity index is 319. The summed E-state index contributed by atoms with van der Waals surface area (Å²) in [6.45, 7) is 9.30. The second kappa shape index (κ2) is 8.04. The fourth-order valence-corrected chi connectivity index (χ4v) is 2.70. The van der Waals surface area contributed by atoms with Crippen molar-refractivity contribution in [2.75, 3.05) is 26.2 Å². The molecule has 2 heterocycles. The molecule has 21 heavy (non-hydrogen) atoms. The molecule has 0 saturated carbocycles. The van der Waals surface area contributed by atoms with Gasteiger partial charge in [-0.05, 0) is 59.5 Å². The van der Waals surface area contributed by atoms with Crippen molar-refractivity contribution in [1.29, 1.82) is 0 Å². The molecule has 5 nitrogen and oxygen atoms in total. The highest BCUT2D eigenvalue weighted by Gasteiger charge is 2.28. The van der Waals surface area contributed by atoms with Crippen LogP contribution in [-0.2, 0) is 9.47 Å². The van der Waals surface area contributed by atoms with Gasteiger partial charge in [-0.2, -0.15) is 0 Å². The monoisotopic (exact) mass is 295 g/mol. The van der Waals surface area contributed by atoms with Crippen LogP contribution in [0.3, 0.4) is 0 Å². The molecule has 119 valence electrons. The number of hydrogen-bond acceptors (Lipinski definition) is 4. The molecule has 1 N–H and O–H groups in total. The third kappa shape index (κ3) is 6.26. The molecular formula is C15H28BN2O3. The zero-order valence-electron chi connectivity index (χ0n) is 13.6. The topological polar surface area (TPSA) is 50.8 Å². The van der Waals surface area contributed by atoms with E-state index in [0.717, 1.165) is 51.9 Å². The minimum atomic E-state index is -0.417. The van der Waals surface area contributed by atoms with E-state index in [-0.39, 0.29) is 14.5 Å². The Morgan fingerprint density at radius 1 is 1.05 bits per heavy atom. The molecule has 0 atom stereocenters. The summed E-state index contributed by atoms with van der Waals surface area (Å²) >= 11 is 0. The van der Waals surface area contributed by atoms with Gasteiger partial charge >= 0.3 is 6.09 Å². The largest absolute Gasteiger partial charge is 0.444 e. The second-order valence-corrected chi connectivity index (χ2v) is 6.75. The first-order valence-electron chi connectivity index (χ1n) is 7.78. The number of carbonyl (C=O) groups excluding carboxylic acids is 1. The van der Waals surface area contributed by atoms with Crippen LogP contribution in [0.25, 0.3) is 0 Å². The van der Waals surface area contributed by atoms with Gasteiger partial charge in [0.2, 0.25) is 0 Å². The normalized spacial score (nSPS) is 21.8. The van der Waals surface area contributed by atoms with Crippen molar-refractivity contribution in [2.24, 2.45) is 0 Å². The molecule has 2 saturated heterocycles. The van der Waals surface area contributed by atoms with Crippen molar-refractivity contribution in [3.05, 3.63) is 0 Å². The second-order valence-electron chi connectivity index (χ2n) is 6.75. The lowest BCUT2D eigenvalue weighted by atomic mass is 10.1. The summed E-state index contributed by atoms with van der Waals surface area (Å²) in [5.74, 6) is 0. The van der Waals surface area contributed by atoms with Gasteiger partial charge in [-0.3, -0.25) is 0 Å². The van der Waals surface area contributed by atoms with Gasteiger partial charge in [0.1, 0.15) is 5.60 Å². The molecule has 0 aromatic heterocycles. The van der Waals surface area contributed by atoms with Gasteiger partial charge in [-0.15, -0.1) is 0 Å². The molecule has 0 spiro atoms. The predicted octanol–water partition coefficient (Wildman–Crippen LogP) is 1.77. The van der Waals surface area contributed by atoms with Crippen molar-refractivity contribution < 1.29 is 14.3 Å². The lowest BCUT2D eigenvalue weighted by molar-refractivity contribution is -0.0554. The molecule has 6 heteroatoms. The lowest BCUT2D eigenvalue weighted by Gasteiger charge is -2.35. The van der Waals surface area contributed by atoms with Gasteiger partial charge in [0, 0.05) is 21.5 Å². The fraction of sp³-hybridized carbons (Fsp3) is 0.933. The summed E-state index contributed by atoms with van der Waals surface area (Å²) in [6.07, 6.45) is 4.55. The van der Waals surface area contributed by atoms with Crippen LogP contribution in [0.5, 0.6) is 0 Å². The molecule has 1 amide bonds. The molecule has 0 aromatic carbocycles. The Hall–Kier alpha value is -0.745. The van der Waals surface area contributed by atoms with E-state index >= 15 is 0 Å². The van der Waals surface area contributed by atoms with Crippen molar-refractivity contribution >= 4 is 14.5 Å². The smallest absolute Gasteiger partial charge is 0.410 e. The maximum atomic E-state index is 12.0. The van der Waals surface area contributed by atoms with Gasteiger partial charge in [0.15, 0.2) is 0 Å². The van der Waals surface area contributed by atoms with E-state index in [1.807, 2.05) is 20.8 Å². The highest BCUT2D eigenvalue weighted by Crippen LogP contribution is 2.20. The van der Waals surface area contributed by atoms with E-state index in [1.54, 1.807) is 4.90 Å². The van der Waals surface area contributed by atoms with Crippen LogP contribution in [0.15, 0.2) is 0 Å². The summed E-state index contributed by atoms with van der Waals surface area (Å²) in [4.78, 5) is 13.8. The first-order chi connectivity index (χ1) is 9.44. The van der Waals surface area contributed by atoms with Gasteiger partial charge in [-0.1, -0.05) is 0 Å². The summed E-state index contributed by atoms with van der Waals surface area (Å²) < 4.78 is 11.5.